The number of aryl methyl sites for hydroxylation is 1. The van der Waals surface area contributed by atoms with Crippen LogP contribution in [0.4, 0.5) is 0 Å². The molecule has 6 heteroatoms. The highest BCUT2D eigenvalue weighted by atomic mass is 35.5. The monoisotopic (exact) mass is 356 g/mol. The van der Waals surface area contributed by atoms with Crippen LogP contribution in [0.25, 0.3) is 0 Å². The number of nitrogens with two attached hydrogens (primary N) is 1. The van der Waals surface area contributed by atoms with Gasteiger partial charge in [-0.15, -0.1) is 12.4 Å². The van der Waals surface area contributed by atoms with E-state index in [2.05, 4.69) is 37.5 Å². The maximum absolute atomic E-state index is 12.6. The highest BCUT2D eigenvalue weighted by molar-refractivity contribution is 5.85. The molecule has 5 nitrogen and oxygen atoms in total. The second kappa shape index (κ2) is 8.86. The number of carbonyl (C=O) groups is 1. The Bertz CT molecular complexity index is 555. The van der Waals surface area contributed by atoms with E-state index in [1.54, 1.807) is 0 Å². The van der Waals surface area contributed by atoms with Gasteiger partial charge in [0.15, 0.2) is 0 Å². The molecule has 2 rings (SSSR count). The first-order valence-electron chi connectivity index (χ1n) is 8.85. The molecule has 1 aromatic heterocycles. The summed E-state index contributed by atoms with van der Waals surface area (Å²) >= 11 is 0. The van der Waals surface area contributed by atoms with Crippen LogP contribution in [0.1, 0.15) is 50.6 Å². The Hall–Kier alpha value is -1.07. The van der Waals surface area contributed by atoms with Crippen LogP contribution >= 0.6 is 12.4 Å². The van der Waals surface area contributed by atoms with Crippen molar-refractivity contribution in [3.8, 4) is 0 Å². The zero-order valence-corrected chi connectivity index (χ0v) is 16.5. The highest BCUT2D eigenvalue weighted by Crippen LogP contribution is 2.24. The topological polar surface area (TPSA) is 64.2 Å². The minimum Gasteiger partial charge on any atom is -0.340 e. The summed E-state index contributed by atoms with van der Waals surface area (Å²) in [4.78, 5) is 14.6. The average Bonchev–Trinajstić information content (AvgIpc) is 2.97. The van der Waals surface area contributed by atoms with Crippen molar-refractivity contribution in [1.82, 2.24) is 14.7 Å². The summed E-state index contributed by atoms with van der Waals surface area (Å²) in [5.74, 6) is 1.29. The molecule has 138 valence electrons. The third kappa shape index (κ3) is 4.73. The molecule has 0 aliphatic carbocycles. The molecule has 2 unspecified atom stereocenters. The lowest BCUT2D eigenvalue weighted by atomic mass is 10.1. The van der Waals surface area contributed by atoms with E-state index < -0.39 is 0 Å². The lowest BCUT2D eigenvalue weighted by molar-refractivity contribution is -0.131. The van der Waals surface area contributed by atoms with Gasteiger partial charge in [0.2, 0.25) is 5.91 Å². The van der Waals surface area contributed by atoms with Gasteiger partial charge in [0.05, 0.1) is 5.69 Å². The molecule has 2 atom stereocenters. The van der Waals surface area contributed by atoms with Crippen molar-refractivity contribution in [2.45, 2.75) is 66.5 Å². The molecule has 2 N–H and O–H groups in total. The number of amides is 1. The van der Waals surface area contributed by atoms with Gasteiger partial charge >= 0.3 is 0 Å². The molecule has 0 aromatic carbocycles. The third-order valence-electron chi connectivity index (χ3n) is 4.97. The van der Waals surface area contributed by atoms with Gasteiger partial charge in [-0.25, -0.2) is 0 Å². The first kappa shape index (κ1) is 21.0. The molecule has 1 fully saturated rings. The van der Waals surface area contributed by atoms with E-state index in [0.717, 1.165) is 31.6 Å². The Morgan fingerprint density at radius 1 is 1.38 bits per heavy atom. The van der Waals surface area contributed by atoms with Gasteiger partial charge in [-0.1, -0.05) is 13.8 Å². The Labute approximate surface area is 152 Å². The summed E-state index contributed by atoms with van der Waals surface area (Å²) < 4.78 is 2.09. The summed E-state index contributed by atoms with van der Waals surface area (Å²) in [6.07, 6.45) is 2.38. The smallest absolute Gasteiger partial charge is 0.223 e. The van der Waals surface area contributed by atoms with Gasteiger partial charge < -0.3 is 10.6 Å². The fourth-order valence-electron chi connectivity index (χ4n) is 3.66. The standard InChI is InChI=1S/C18H32N4O.ClH/c1-12(2)10-22-15(5)17(14(4)20-22)6-7-18(23)21-11-16(9-19)8-13(21)3;/h12-13,16H,6-11,19H2,1-5H3;1H. The molecule has 1 aromatic rings. The number of carbonyl (C=O) groups excluding carboxylic acids is 1. The van der Waals surface area contributed by atoms with E-state index >= 15 is 0 Å². The zero-order valence-electron chi connectivity index (χ0n) is 15.7. The molecule has 0 bridgehead atoms. The predicted molar refractivity (Wildman–Crippen MR) is 100 cm³/mol. The number of likely N-dealkylation sites (tertiary alicyclic amines) is 1. The van der Waals surface area contributed by atoms with Crippen LogP contribution in [0.2, 0.25) is 0 Å². The minimum atomic E-state index is 0. The van der Waals surface area contributed by atoms with Crippen molar-refractivity contribution in [3.05, 3.63) is 17.0 Å². The summed E-state index contributed by atoms with van der Waals surface area (Å²) in [5.41, 5.74) is 9.26. The molecule has 1 aliphatic heterocycles. The van der Waals surface area contributed by atoms with E-state index in [1.807, 2.05) is 11.8 Å². The molecule has 2 heterocycles. The second-order valence-corrected chi connectivity index (χ2v) is 7.46. The molecule has 1 saturated heterocycles. The van der Waals surface area contributed by atoms with Crippen molar-refractivity contribution in [2.24, 2.45) is 17.6 Å². The summed E-state index contributed by atoms with van der Waals surface area (Å²) in [5, 5.41) is 4.64. The summed E-state index contributed by atoms with van der Waals surface area (Å²) in [6, 6.07) is 0.321. The van der Waals surface area contributed by atoms with Crippen molar-refractivity contribution in [2.75, 3.05) is 13.1 Å². The largest absolute Gasteiger partial charge is 0.340 e. The Morgan fingerprint density at radius 2 is 2.04 bits per heavy atom. The van der Waals surface area contributed by atoms with Gasteiger partial charge in [-0.05, 0) is 57.6 Å². The number of rotatable bonds is 6. The highest BCUT2D eigenvalue weighted by Gasteiger charge is 2.31. The van der Waals surface area contributed by atoms with Crippen LogP contribution < -0.4 is 5.73 Å². The SMILES string of the molecule is Cc1nn(CC(C)C)c(C)c1CCC(=O)N1CC(CN)CC1C.Cl. The Kier molecular flexibility index (Phi) is 7.74. The first-order valence-corrected chi connectivity index (χ1v) is 8.85. The maximum Gasteiger partial charge on any atom is 0.223 e. The number of nitrogens with zero attached hydrogens (tertiary/aromatic N) is 3. The van der Waals surface area contributed by atoms with Crippen molar-refractivity contribution in [1.29, 1.82) is 0 Å². The van der Waals surface area contributed by atoms with E-state index in [-0.39, 0.29) is 18.3 Å². The van der Waals surface area contributed by atoms with Gasteiger partial charge in [-0.3, -0.25) is 9.48 Å². The van der Waals surface area contributed by atoms with E-state index in [4.69, 9.17) is 5.73 Å². The molecule has 0 radical (unpaired) electrons. The molecule has 1 amide bonds. The molecule has 24 heavy (non-hydrogen) atoms. The van der Waals surface area contributed by atoms with Gasteiger partial charge in [0.25, 0.3) is 0 Å². The molecule has 0 spiro atoms. The van der Waals surface area contributed by atoms with Crippen LogP contribution in [0.15, 0.2) is 0 Å². The van der Waals surface area contributed by atoms with Crippen LogP contribution in [0.3, 0.4) is 0 Å². The summed E-state index contributed by atoms with van der Waals surface area (Å²) in [6.45, 7) is 13.1. The number of aromatic nitrogens is 2. The predicted octanol–water partition coefficient (Wildman–Crippen LogP) is 2.71. The van der Waals surface area contributed by atoms with Crippen LogP contribution in [-0.4, -0.2) is 39.7 Å². The van der Waals surface area contributed by atoms with Gasteiger partial charge in [0, 0.05) is 31.2 Å². The third-order valence-corrected chi connectivity index (χ3v) is 4.97. The first-order chi connectivity index (χ1) is 10.8. The van der Waals surface area contributed by atoms with Crippen LogP contribution in [0.5, 0.6) is 0 Å². The maximum atomic E-state index is 12.6. The quantitative estimate of drug-likeness (QED) is 0.852. The summed E-state index contributed by atoms with van der Waals surface area (Å²) in [7, 11) is 0. The number of halogens is 1. The van der Waals surface area contributed by atoms with Gasteiger partial charge in [-0.2, -0.15) is 5.10 Å². The lowest BCUT2D eigenvalue weighted by Crippen LogP contribution is -2.34. The number of hydrogen-bond donors (Lipinski definition) is 1. The molecular formula is C18H33ClN4O. The van der Waals surface area contributed by atoms with E-state index in [1.165, 1.54) is 11.3 Å². The van der Waals surface area contributed by atoms with E-state index in [9.17, 15) is 4.79 Å². The Morgan fingerprint density at radius 3 is 2.58 bits per heavy atom. The van der Waals surface area contributed by atoms with Crippen LogP contribution in [0, 0.1) is 25.7 Å². The van der Waals surface area contributed by atoms with Crippen LogP contribution in [-0.2, 0) is 17.8 Å². The zero-order chi connectivity index (χ0) is 17.1. The molecule has 0 saturated carbocycles. The fraction of sp³-hybridized carbons (Fsp3) is 0.778. The average molecular weight is 357 g/mol. The van der Waals surface area contributed by atoms with Crippen molar-refractivity contribution >= 4 is 18.3 Å². The second-order valence-electron chi connectivity index (χ2n) is 7.46. The normalized spacial score (nSPS) is 20.5. The minimum absolute atomic E-state index is 0. The molecular weight excluding hydrogens is 324 g/mol. The number of hydrogen-bond acceptors (Lipinski definition) is 3. The van der Waals surface area contributed by atoms with Crippen molar-refractivity contribution < 1.29 is 4.79 Å². The Balaban J connectivity index is 0.00000288. The van der Waals surface area contributed by atoms with Gasteiger partial charge in [0.1, 0.15) is 0 Å². The van der Waals surface area contributed by atoms with E-state index in [0.29, 0.717) is 30.8 Å². The lowest BCUT2D eigenvalue weighted by Gasteiger charge is -2.21. The van der Waals surface area contributed by atoms with Crippen molar-refractivity contribution in [3.63, 3.8) is 0 Å². The molecule has 1 aliphatic rings. The fourth-order valence-corrected chi connectivity index (χ4v) is 3.66.